The van der Waals surface area contributed by atoms with Gasteiger partial charge in [0.1, 0.15) is 6.10 Å². The molecule has 5 heteroatoms. The standard InChI is InChI=1S/C39H79NO4/c1-3-5-7-9-11-13-15-17-19-21-23-25-27-29-31-33-37(42)39(44)36(35-41)40-38(43)34-32-30-28-26-24-22-20-18-16-14-12-10-8-6-4-2/h36-37,39,41-42,44H,3-35H2,1-2H3,(H,40,43). The maximum absolute atomic E-state index is 12.4. The van der Waals surface area contributed by atoms with Crippen LogP contribution in [0.5, 0.6) is 0 Å². The summed E-state index contributed by atoms with van der Waals surface area (Å²) in [6.45, 7) is 4.18. The molecule has 44 heavy (non-hydrogen) atoms. The molecule has 3 atom stereocenters. The summed E-state index contributed by atoms with van der Waals surface area (Å²) in [4.78, 5) is 12.4. The monoisotopic (exact) mass is 626 g/mol. The zero-order valence-corrected chi connectivity index (χ0v) is 29.8. The highest BCUT2D eigenvalue weighted by Gasteiger charge is 2.26. The first-order chi connectivity index (χ1) is 21.6. The summed E-state index contributed by atoms with van der Waals surface area (Å²) in [6, 6.07) is -0.801. The molecule has 4 N–H and O–H groups in total. The molecule has 0 heterocycles. The van der Waals surface area contributed by atoms with Crippen LogP contribution in [0.4, 0.5) is 0 Å². The average Bonchev–Trinajstić information content (AvgIpc) is 3.03. The molecule has 0 aromatic rings. The molecule has 0 aliphatic rings. The average molecular weight is 626 g/mol. The van der Waals surface area contributed by atoms with Gasteiger partial charge in [0, 0.05) is 6.42 Å². The minimum absolute atomic E-state index is 0.142. The summed E-state index contributed by atoms with van der Waals surface area (Å²) < 4.78 is 0. The Kier molecular flexibility index (Phi) is 34.7. The summed E-state index contributed by atoms with van der Waals surface area (Å²) in [5.41, 5.74) is 0. The van der Waals surface area contributed by atoms with Gasteiger partial charge in [0.05, 0.1) is 18.8 Å². The molecule has 0 aromatic heterocycles. The van der Waals surface area contributed by atoms with Crippen molar-refractivity contribution in [2.24, 2.45) is 0 Å². The van der Waals surface area contributed by atoms with Crippen LogP contribution in [0.15, 0.2) is 0 Å². The molecular formula is C39H79NO4. The third-order valence-electron chi connectivity index (χ3n) is 9.46. The van der Waals surface area contributed by atoms with Crippen molar-refractivity contribution in [3.05, 3.63) is 0 Å². The van der Waals surface area contributed by atoms with Crippen molar-refractivity contribution in [1.82, 2.24) is 5.32 Å². The Balaban J connectivity index is 3.63. The van der Waals surface area contributed by atoms with Gasteiger partial charge in [-0.25, -0.2) is 0 Å². The van der Waals surface area contributed by atoms with Gasteiger partial charge in [0.15, 0.2) is 0 Å². The largest absolute Gasteiger partial charge is 0.394 e. The van der Waals surface area contributed by atoms with E-state index in [1.807, 2.05) is 0 Å². The Morgan fingerprint density at radius 2 is 0.773 bits per heavy atom. The fourth-order valence-electron chi connectivity index (χ4n) is 6.34. The van der Waals surface area contributed by atoms with Gasteiger partial charge in [-0.3, -0.25) is 4.79 Å². The van der Waals surface area contributed by atoms with Gasteiger partial charge in [-0.1, -0.05) is 200 Å². The van der Waals surface area contributed by atoms with Crippen molar-refractivity contribution in [3.63, 3.8) is 0 Å². The van der Waals surface area contributed by atoms with Crippen LogP contribution >= 0.6 is 0 Å². The minimum Gasteiger partial charge on any atom is -0.394 e. The number of carbonyl (C=O) groups excluding carboxylic acids is 1. The summed E-state index contributed by atoms with van der Waals surface area (Å²) in [7, 11) is 0. The van der Waals surface area contributed by atoms with Gasteiger partial charge in [-0.2, -0.15) is 0 Å². The highest BCUT2D eigenvalue weighted by atomic mass is 16.3. The van der Waals surface area contributed by atoms with E-state index in [1.165, 1.54) is 161 Å². The molecule has 0 aromatic carbocycles. The second-order valence-corrected chi connectivity index (χ2v) is 13.9. The lowest BCUT2D eigenvalue weighted by atomic mass is 9.99. The van der Waals surface area contributed by atoms with Crippen molar-refractivity contribution < 1.29 is 20.1 Å². The van der Waals surface area contributed by atoms with E-state index in [4.69, 9.17) is 0 Å². The van der Waals surface area contributed by atoms with E-state index in [-0.39, 0.29) is 12.5 Å². The second kappa shape index (κ2) is 35.2. The van der Waals surface area contributed by atoms with Gasteiger partial charge >= 0.3 is 0 Å². The first-order valence-corrected chi connectivity index (χ1v) is 19.8. The molecule has 0 aliphatic heterocycles. The predicted octanol–water partition coefficient (Wildman–Crippen LogP) is 10.7. The predicted molar refractivity (Wildman–Crippen MR) is 190 cm³/mol. The van der Waals surface area contributed by atoms with Gasteiger partial charge in [-0.05, 0) is 12.8 Å². The Bertz CT molecular complexity index is 572. The van der Waals surface area contributed by atoms with E-state index in [9.17, 15) is 20.1 Å². The molecule has 0 fully saturated rings. The lowest BCUT2D eigenvalue weighted by Gasteiger charge is -2.26. The molecule has 0 radical (unpaired) electrons. The van der Waals surface area contributed by atoms with Crippen LogP contribution in [0, 0.1) is 0 Å². The van der Waals surface area contributed by atoms with Crippen molar-refractivity contribution in [3.8, 4) is 0 Å². The third-order valence-corrected chi connectivity index (χ3v) is 9.46. The van der Waals surface area contributed by atoms with Gasteiger partial charge in [0.2, 0.25) is 5.91 Å². The van der Waals surface area contributed by atoms with Crippen LogP contribution in [0.25, 0.3) is 0 Å². The number of rotatable bonds is 36. The van der Waals surface area contributed by atoms with Crippen LogP contribution in [0.2, 0.25) is 0 Å². The molecule has 0 saturated carbocycles. The molecular weight excluding hydrogens is 546 g/mol. The Hall–Kier alpha value is -0.650. The zero-order chi connectivity index (χ0) is 32.4. The smallest absolute Gasteiger partial charge is 0.220 e. The Morgan fingerprint density at radius 3 is 1.09 bits per heavy atom. The number of unbranched alkanes of at least 4 members (excludes halogenated alkanes) is 28. The van der Waals surface area contributed by atoms with Crippen molar-refractivity contribution in [2.45, 2.75) is 238 Å². The second-order valence-electron chi connectivity index (χ2n) is 13.9. The first kappa shape index (κ1) is 43.4. The molecule has 0 spiro atoms. The molecule has 0 aliphatic carbocycles. The topological polar surface area (TPSA) is 89.8 Å². The molecule has 264 valence electrons. The quantitative estimate of drug-likeness (QED) is 0.0521. The Morgan fingerprint density at radius 1 is 0.477 bits per heavy atom. The maximum Gasteiger partial charge on any atom is 0.220 e. The van der Waals surface area contributed by atoms with Crippen LogP contribution in [0.1, 0.15) is 219 Å². The number of nitrogens with one attached hydrogen (secondary N) is 1. The van der Waals surface area contributed by atoms with Crippen LogP contribution in [0.3, 0.4) is 0 Å². The Labute approximate surface area is 275 Å². The number of hydrogen-bond acceptors (Lipinski definition) is 4. The van der Waals surface area contributed by atoms with E-state index in [0.29, 0.717) is 12.8 Å². The summed E-state index contributed by atoms with van der Waals surface area (Å²) in [5.74, 6) is -0.142. The van der Waals surface area contributed by atoms with Gasteiger partial charge in [0.25, 0.3) is 0 Å². The molecule has 5 nitrogen and oxygen atoms in total. The lowest BCUT2D eigenvalue weighted by Crippen LogP contribution is -2.50. The summed E-state index contributed by atoms with van der Waals surface area (Å²) >= 11 is 0. The number of aliphatic hydroxyl groups is 3. The van der Waals surface area contributed by atoms with E-state index in [2.05, 4.69) is 19.2 Å². The maximum atomic E-state index is 12.4. The van der Waals surface area contributed by atoms with Gasteiger partial charge in [-0.15, -0.1) is 0 Å². The number of hydrogen-bond donors (Lipinski definition) is 4. The van der Waals surface area contributed by atoms with E-state index in [1.54, 1.807) is 0 Å². The van der Waals surface area contributed by atoms with Crippen molar-refractivity contribution >= 4 is 5.91 Å². The van der Waals surface area contributed by atoms with Crippen molar-refractivity contribution in [1.29, 1.82) is 0 Å². The first-order valence-electron chi connectivity index (χ1n) is 19.8. The number of aliphatic hydroxyl groups excluding tert-OH is 3. The molecule has 0 saturated heterocycles. The summed E-state index contributed by atoms with van der Waals surface area (Å²) in [6.07, 6.45) is 37.6. The van der Waals surface area contributed by atoms with E-state index in [0.717, 1.165) is 32.1 Å². The van der Waals surface area contributed by atoms with E-state index >= 15 is 0 Å². The normalized spacial score (nSPS) is 13.7. The number of amides is 1. The number of carbonyl (C=O) groups is 1. The van der Waals surface area contributed by atoms with Gasteiger partial charge < -0.3 is 20.6 Å². The highest BCUT2D eigenvalue weighted by molar-refractivity contribution is 5.76. The van der Waals surface area contributed by atoms with E-state index < -0.39 is 18.2 Å². The van der Waals surface area contributed by atoms with Crippen LogP contribution in [-0.2, 0) is 4.79 Å². The van der Waals surface area contributed by atoms with Crippen LogP contribution < -0.4 is 5.32 Å². The van der Waals surface area contributed by atoms with Crippen molar-refractivity contribution in [2.75, 3.05) is 6.61 Å². The SMILES string of the molecule is CCCCCCCCCCCCCCCCCC(=O)NC(CO)C(O)C(O)CCCCCCCCCCCCCCCCC. The molecule has 3 unspecified atom stereocenters. The fraction of sp³-hybridized carbons (Fsp3) is 0.974. The summed E-state index contributed by atoms with van der Waals surface area (Å²) in [5, 5.41) is 33.4. The molecule has 0 rings (SSSR count). The lowest BCUT2D eigenvalue weighted by molar-refractivity contribution is -0.124. The zero-order valence-electron chi connectivity index (χ0n) is 29.8. The minimum atomic E-state index is -1.13. The third kappa shape index (κ3) is 30.0. The fourth-order valence-corrected chi connectivity index (χ4v) is 6.34. The highest BCUT2D eigenvalue weighted by Crippen LogP contribution is 2.16. The molecule has 0 bridgehead atoms. The molecule has 1 amide bonds. The van der Waals surface area contributed by atoms with Crippen LogP contribution in [-0.4, -0.2) is 46.1 Å².